The fourth-order valence-electron chi connectivity index (χ4n) is 3.27. The number of halogens is 6. The van der Waals surface area contributed by atoms with Crippen molar-refractivity contribution >= 4 is 21.0 Å². The summed E-state index contributed by atoms with van der Waals surface area (Å²) in [5.74, 6) is -1.68. The highest BCUT2D eigenvalue weighted by atomic mass is 32.2. The topological polar surface area (TPSA) is 47.0 Å². The minimum atomic E-state index is -4.55. The van der Waals surface area contributed by atoms with E-state index >= 15 is 0 Å². The molecule has 1 atom stereocenters. The van der Waals surface area contributed by atoms with Crippen LogP contribution in [-0.4, -0.2) is 25.8 Å². The van der Waals surface area contributed by atoms with Gasteiger partial charge in [-0.05, 0) is 53.3 Å². The molecule has 3 rings (SSSR count). The van der Waals surface area contributed by atoms with Crippen molar-refractivity contribution in [3.8, 4) is 0 Å². The number of benzene rings is 1. The summed E-state index contributed by atoms with van der Waals surface area (Å²) in [7, 11) is -3.58. The first kappa shape index (κ1) is 21.4. The van der Waals surface area contributed by atoms with E-state index < -0.39 is 33.7 Å². The Labute approximate surface area is 163 Å². The third-order valence-corrected chi connectivity index (χ3v) is 5.75. The summed E-state index contributed by atoms with van der Waals surface area (Å²) >= 11 is 0. The lowest BCUT2D eigenvalue weighted by Gasteiger charge is -2.14. The largest absolute Gasteiger partial charge is 0.416 e. The third-order valence-electron chi connectivity index (χ3n) is 4.75. The molecule has 0 bridgehead atoms. The minimum absolute atomic E-state index is 0.219. The Morgan fingerprint density at radius 3 is 1.79 bits per heavy atom. The van der Waals surface area contributed by atoms with Crippen LogP contribution in [0.3, 0.4) is 0 Å². The van der Waals surface area contributed by atoms with Crippen LogP contribution in [0.1, 0.15) is 29.5 Å². The van der Waals surface area contributed by atoms with Crippen LogP contribution in [0.15, 0.2) is 47.6 Å². The van der Waals surface area contributed by atoms with Crippen molar-refractivity contribution in [2.75, 3.05) is 6.26 Å². The van der Waals surface area contributed by atoms with E-state index in [1.807, 2.05) is 0 Å². The summed E-state index contributed by atoms with van der Waals surface area (Å²) in [6.07, 6.45) is -7.63. The summed E-state index contributed by atoms with van der Waals surface area (Å²) in [6.45, 7) is 0. The summed E-state index contributed by atoms with van der Waals surface area (Å²) in [4.78, 5) is 3.80. The zero-order valence-electron chi connectivity index (χ0n) is 15.0. The molecule has 0 saturated heterocycles. The number of nitrogens with zero attached hydrogens (tertiary/aromatic N) is 1. The van der Waals surface area contributed by atoms with Gasteiger partial charge in [0.1, 0.15) is 0 Å². The average molecular weight is 435 g/mol. The molecule has 0 fully saturated rings. The Balaban J connectivity index is 2.05. The molecule has 0 aliphatic heterocycles. The zero-order chi connectivity index (χ0) is 21.6. The zero-order valence-corrected chi connectivity index (χ0v) is 15.8. The van der Waals surface area contributed by atoms with Crippen molar-refractivity contribution < 1.29 is 34.8 Å². The first-order valence-electron chi connectivity index (χ1n) is 8.39. The number of alkyl halides is 6. The maximum Gasteiger partial charge on any atom is 0.416 e. The Morgan fingerprint density at radius 1 is 0.862 bits per heavy atom. The van der Waals surface area contributed by atoms with E-state index in [2.05, 4.69) is 4.98 Å². The number of pyridine rings is 1. The maximum atomic E-state index is 13.3. The van der Waals surface area contributed by atoms with Crippen LogP contribution >= 0.6 is 0 Å². The molecule has 0 spiro atoms. The van der Waals surface area contributed by atoms with Gasteiger partial charge in [0, 0.05) is 12.5 Å². The quantitative estimate of drug-likeness (QED) is 0.608. The van der Waals surface area contributed by atoms with Crippen molar-refractivity contribution in [1.82, 2.24) is 4.98 Å². The predicted molar refractivity (Wildman–Crippen MR) is 94.4 cm³/mol. The van der Waals surface area contributed by atoms with E-state index in [1.165, 1.54) is 18.3 Å². The highest BCUT2D eigenvalue weighted by Gasteiger charge is 2.44. The Bertz CT molecular complexity index is 1040. The molecule has 1 aliphatic rings. The summed E-state index contributed by atoms with van der Waals surface area (Å²) in [5, 5.41) is -0.219. The highest BCUT2D eigenvalue weighted by molar-refractivity contribution is 7.90. The molecular formula is C19H15F6NO2S. The van der Waals surface area contributed by atoms with Gasteiger partial charge >= 0.3 is 12.4 Å². The molecule has 10 heteroatoms. The van der Waals surface area contributed by atoms with Gasteiger partial charge in [0.25, 0.3) is 0 Å². The van der Waals surface area contributed by atoms with Crippen LogP contribution < -0.4 is 0 Å². The van der Waals surface area contributed by atoms with Gasteiger partial charge in [-0.15, -0.1) is 0 Å². The molecule has 1 aromatic heterocycles. The van der Waals surface area contributed by atoms with Crippen LogP contribution in [0.25, 0.3) is 11.1 Å². The minimum Gasteiger partial charge on any atom is -0.244 e. The van der Waals surface area contributed by atoms with Gasteiger partial charge in [-0.3, -0.25) is 0 Å². The molecule has 1 aliphatic carbocycles. The van der Waals surface area contributed by atoms with Crippen molar-refractivity contribution in [3.63, 3.8) is 0 Å². The van der Waals surface area contributed by atoms with Gasteiger partial charge in [-0.1, -0.05) is 18.2 Å². The summed E-state index contributed by atoms with van der Waals surface area (Å²) < 4.78 is 101. The van der Waals surface area contributed by atoms with E-state index in [-0.39, 0.29) is 29.0 Å². The van der Waals surface area contributed by atoms with Crippen LogP contribution in [0, 0.1) is 5.92 Å². The van der Waals surface area contributed by atoms with Gasteiger partial charge < -0.3 is 0 Å². The van der Waals surface area contributed by atoms with E-state index in [0.29, 0.717) is 11.1 Å². The van der Waals surface area contributed by atoms with E-state index in [1.54, 1.807) is 0 Å². The molecule has 1 aromatic carbocycles. The van der Waals surface area contributed by atoms with E-state index in [4.69, 9.17) is 0 Å². The maximum absolute atomic E-state index is 13.3. The average Bonchev–Trinajstić information content (AvgIpc) is 3.06. The molecule has 0 N–H and O–H groups in total. The normalized spacial score (nSPS) is 18.4. The molecule has 0 saturated carbocycles. The van der Waals surface area contributed by atoms with Crippen molar-refractivity contribution in [1.29, 1.82) is 0 Å². The fourth-order valence-corrected chi connectivity index (χ4v) is 3.82. The molecule has 1 unspecified atom stereocenters. The van der Waals surface area contributed by atoms with Gasteiger partial charge in [0.15, 0.2) is 14.9 Å². The molecule has 0 amide bonds. The molecule has 3 nitrogen and oxygen atoms in total. The fraction of sp³-hybridized carbons (Fsp3) is 0.316. The Kier molecular flexibility index (Phi) is 5.27. The number of allylic oxidation sites excluding steroid dienone is 2. The monoisotopic (exact) mass is 435 g/mol. The molecule has 0 radical (unpaired) electrons. The van der Waals surface area contributed by atoms with Crippen molar-refractivity contribution in [2.24, 2.45) is 5.92 Å². The van der Waals surface area contributed by atoms with Gasteiger partial charge in [-0.2, -0.15) is 26.3 Å². The summed E-state index contributed by atoms with van der Waals surface area (Å²) in [5.41, 5.74) is 0.230. The van der Waals surface area contributed by atoms with Crippen molar-refractivity contribution in [2.45, 2.75) is 30.2 Å². The first-order chi connectivity index (χ1) is 13.3. The molecule has 156 valence electrons. The standard InChI is InChI=1S/C19H15F6NO2S/c1-29(27,28)17-7-4-12(10-26-17)16-9-14(19(23,24)25)8-15(16)11-2-5-13(6-3-11)18(20,21)22/h2-7,10,14H,8-9H2,1H3. The molecule has 29 heavy (non-hydrogen) atoms. The lowest BCUT2D eigenvalue weighted by molar-refractivity contribution is -0.170. The SMILES string of the molecule is CS(=O)(=O)c1ccc(C2=C(c3ccc(C(F)(F)F)cc3)CC(C(F)(F)F)C2)cn1. The smallest absolute Gasteiger partial charge is 0.244 e. The number of rotatable bonds is 3. The molecule has 2 aromatic rings. The van der Waals surface area contributed by atoms with Crippen LogP contribution in [0.2, 0.25) is 0 Å². The third kappa shape index (κ3) is 4.63. The molecule has 1 heterocycles. The lowest BCUT2D eigenvalue weighted by Crippen LogP contribution is -2.20. The van der Waals surface area contributed by atoms with Gasteiger partial charge in [0.05, 0.1) is 11.5 Å². The Morgan fingerprint density at radius 2 is 1.38 bits per heavy atom. The number of sulfone groups is 1. The second kappa shape index (κ2) is 7.16. The number of hydrogen-bond donors (Lipinski definition) is 0. The van der Waals surface area contributed by atoms with Crippen molar-refractivity contribution in [3.05, 3.63) is 59.3 Å². The van der Waals surface area contributed by atoms with Gasteiger partial charge in [0.2, 0.25) is 0 Å². The Hall–Kier alpha value is -2.36. The van der Waals surface area contributed by atoms with E-state index in [9.17, 15) is 34.8 Å². The van der Waals surface area contributed by atoms with Crippen LogP contribution in [-0.2, 0) is 16.0 Å². The second-order valence-corrected chi connectivity index (χ2v) is 8.80. The first-order valence-corrected chi connectivity index (χ1v) is 10.3. The van der Waals surface area contributed by atoms with Crippen LogP contribution in [0.5, 0.6) is 0 Å². The van der Waals surface area contributed by atoms with E-state index in [0.717, 1.165) is 30.5 Å². The van der Waals surface area contributed by atoms with Gasteiger partial charge in [-0.25, -0.2) is 13.4 Å². The number of aromatic nitrogens is 1. The summed E-state index contributed by atoms with van der Waals surface area (Å²) in [6, 6.07) is 6.51. The predicted octanol–water partition coefficient (Wildman–Crippen LogP) is 5.39. The second-order valence-electron chi connectivity index (χ2n) is 6.84. The molecular weight excluding hydrogens is 420 g/mol. The highest BCUT2D eigenvalue weighted by Crippen LogP contribution is 2.49. The van der Waals surface area contributed by atoms with Crippen LogP contribution in [0.4, 0.5) is 26.3 Å². The number of hydrogen-bond acceptors (Lipinski definition) is 3. The lowest BCUT2D eigenvalue weighted by atomic mass is 9.97.